The predicted molar refractivity (Wildman–Crippen MR) is 56.3 cm³/mol. The van der Waals surface area contributed by atoms with E-state index in [2.05, 4.69) is 13.8 Å². The second-order valence-electron chi connectivity index (χ2n) is 3.84. The number of carbonyl (C=O) groups excluding carboxylic acids is 1. The summed E-state index contributed by atoms with van der Waals surface area (Å²) in [5, 5.41) is 0. The zero-order valence-corrected chi connectivity index (χ0v) is 8.91. The van der Waals surface area contributed by atoms with Gasteiger partial charge in [0, 0.05) is 6.92 Å². The van der Waals surface area contributed by atoms with Crippen molar-refractivity contribution in [3.63, 3.8) is 0 Å². The van der Waals surface area contributed by atoms with E-state index < -0.39 is 0 Å². The average molecular weight is 192 g/mol. The van der Waals surface area contributed by atoms with Crippen LogP contribution in [-0.2, 0) is 11.2 Å². The first-order chi connectivity index (χ1) is 6.58. The fourth-order valence-electron chi connectivity index (χ4n) is 1.33. The Morgan fingerprint density at radius 1 is 1.29 bits per heavy atom. The maximum absolute atomic E-state index is 10.7. The quantitative estimate of drug-likeness (QED) is 0.543. The van der Waals surface area contributed by atoms with Crippen molar-refractivity contribution in [3.8, 4) is 5.75 Å². The van der Waals surface area contributed by atoms with Crippen molar-refractivity contribution in [1.82, 2.24) is 0 Å². The highest BCUT2D eigenvalue weighted by Crippen LogP contribution is 2.14. The number of esters is 1. The first-order valence-electron chi connectivity index (χ1n) is 4.85. The van der Waals surface area contributed by atoms with E-state index in [-0.39, 0.29) is 5.97 Å². The molecule has 0 aromatic heterocycles. The van der Waals surface area contributed by atoms with E-state index in [1.54, 1.807) is 0 Å². The maximum atomic E-state index is 10.7. The van der Waals surface area contributed by atoms with Gasteiger partial charge in [0.25, 0.3) is 0 Å². The third-order valence-corrected chi connectivity index (χ3v) is 1.83. The summed E-state index contributed by atoms with van der Waals surface area (Å²) in [6, 6.07) is 7.66. The van der Waals surface area contributed by atoms with E-state index in [0.29, 0.717) is 11.7 Å². The minimum Gasteiger partial charge on any atom is -0.427 e. The van der Waals surface area contributed by atoms with Crippen molar-refractivity contribution >= 4 is 5.97 Å². The fraction of sp³-hybridized carbons (Fsp3) is 0.417. The molecule has 0 amide bonds. The van der Waals surface area contributed by atoms with Crippen LogP contribution < -0.4 is 4.74 Å². The van der Waals surface area contributed by atoms with E-state index in [0.717, 1.165) is 6.42 Å². The van der Waals surface area contributed by atoms with Crippen LogP contribution in [0, 0.1) is 5.92 Å². The molecule has 0 atom stereocenters. The smallest absolute Gasteiger partial charge is 0.308 e. The lowest BCUT2D eigenvalue weighted by atomic mass is 10.0. The van der Waals surface area contributed by atoms with Crippen LogP contribution in [-0.4, -0.2) is 5.97 Å². The van der Waals surface area contributed by atoms with Gasteiger partial charge in [-0.2, -0.15) is 0 Å². The van der Waals surface area contributed by atoms with Gasteiger partial charge in [-0.05, 0) is 30.0 Å². The van der Waals surface area contributed by atoms with E-state index in [1.165, 1.54) is 12.5 Å². The second-order valence-corrected chi connectivity index (χ2v) is 3.84. The molecule has 14 heavy (non-hydrogen) atoms. The standard InChI is InChI=1S/C12H16O2/c1-9(2)8-11-4-6-12(7-5-11)14-10(3)13/h4-7,9H,8H2,1-3H3. The Hall–Kier alpha value is -1.31. The minimum atomic E-state index is -0.276. The second kappa shape index (κ2) is 4.80. The van der Waals surface area contributed by atoms with Gasteiger partial charge < -0.3 is 4.74 Å². The summed E-state index contributed by atoms with van der Waals surface area (Å²) in [4.78, 5) is 10.7. The van der Waals surface area contributed by atoms with Crippen LogP contribution in [0.25, 0.3) is 0 Å². The van der Waals surface area contributed by atoms with Gasteiger partial charge in [-0.3, -0.25) is 4.79 Å². The largest absolute Gasteiger partial charge is 0.427 e. The van der Waals surface area contributed by atoms with Crippen LogP contribution in [0.2, 0.25) is 0 Å². The molecule has 0 N–H and O–H groups in total. The van der Waals surface area contributed by atoms with Crippen molar-refractivity contribution < 1.29 is 9.53 Å². The van der Waals surface area contributed by atoms with E-state index in [9.17, 15) is 4.79 Å². The fourth-order valence-corrected chi connectivity index (χ4v) is 1.33. The first-order valence-corrected chi connectivity index (χ1v) is 4.85. The minimum absolute atomic E-state index is 0.276. The summed E-state index contributed by atoms with van der Waals surface area (Å²) in [7, 11) is 0. The molecule has 0 unspecified atom stereocenters. The molecule has 76 valence electrons. The Morgan fingerprint density at radius 3 is 2.29 bits per heavy atom. The highest BCUT2D eigenvalue weighted by molar-refractivity contribution is 5.69. The Labute approximate surface area is 84.9 Å². The summed E-state index contributed by atoms with van der Waals surface area (Å²) in [6.45, 7) is 5.77. The Bertz CT molecular complexity index is 299. The summed E-state index contributed by atoms with van der Waals surface area (Å²) in [5.74, 6) is 0.987. The van der Waals surface area contributed by atoms with Crippen molar-refractivity contribution in [3.05, 3.63) is 29.8 Å². The van der Waals surface area contributed by atoms with Gasteiger partial charge >= 0.3 is 5.97 Å². The Morgan fingerprint density at radius 2 is 1.86 bits per heavy atom. The van der Waals surface area contributed by atoms with E-state index in [4.69, 9.17) is 4.74 Å². The SMILES string of the molecule is CC(=O)Oc1ccc(CC(C)C)cc1. The molecule has 0 aliphatic carbocycles. The van der Waals surface area contributed by atoms with E-state index >= 15 is 0 Å². The number of hydrogen-bond donors (Lipinski definition) is 0. The van der Waals surface area contributed by atoms with E-state index in [1.807, 2.05) is 24.3 Å². The van der Waals surface area contributed by atoms with Crippen molar-refractivity contribution in [2.75, 3.05) is 0 Å². The maximum Gasteiger partial charge on any atom is 0.308 e. The third kappa shape index (κ3) is 3.60. The molecule has 2 heteroatoms. The molecule has 1 aromatic rings. The lowest BCUT2D eigenvalue weighted by Crippen LogP contribution is -2.01. The molecule has 0 radical (unpaired) electrons. The molecular formula is C12H16O2. The normalized spacial score (nSPS) is 10.3. The summed E-state index contributed by atoms with van der Waals surface area (Å²) < 4.78 is 4.94. The zero-order valence-electron chi connectivity index (χ0n) is 8.91. The molecule has 0 aliphatic rings. The monoisotopic (exact) mass is 192 g/mol. The van der Waals surface area contributed by atoms with Gasteiger partial charge in [0.05, 0.1) is 0 Å². The van der Waals surface area contributed by atoms with Crippen LogP contribution in [0.4, 0.5) is 0 Å². The number of rotatable bonds is 3. The first kappa shape index (κ1) is 10.8. The van der Waals surface area contributed by atoms with Crippen molar-refractivity contribution in [1.29, 1.82) is 0 Å². The molecule has 0 saturated heterocycles. The molecule has 0 fully saturated rings. The molecule has 0 saturated carbocycles. The van der Waals surface area contributed by atoms with Crippen molar-refractivity contribution in [2.45, 2.75) is 27.2 Å². The summed E-state index contributed by atoms with van der Waals surface area (Å²) in [5.41, 5.74) is 1.27. The molecular weight excluding hydrogens is 176 g/mol. The number of benzene rings is 1. The highest BCUT2D eigenvalue weighted by Gasteiger charge is 2.00. The van der Waals surface area contributed by atoms with Gasteiger partial charge in [0.1, 0.15) is 5.75 Å². The number of hydrogen-bond acceptors (Lipinski definition) is 2. The predicted octanol–water partition coefficient (Wildman–Crippen LogP) is 2.81. The van der Waals surface area contributed by atoms with Gasteiger partial charge in [-0.1, -0.05) is 26.0 Å². The number of ether oxygens (including phenoxy) is 1. The molecule has 0 spiro atoms. The summed E-state index contributed by atoms with van der Waals surface area (Å²) >= 11 is 0. The lowest BCUT2D eigenvalue weighted by molar-refractivity contribution is -0.131. The highest BCUT2D eigenvalue weighted by atomic mass is 16.5. The lowest BCUT2D eigenvalue weighted by Gasteiger charge is -2.05. The average Bonchev–Trinajstić information content (AvgIpc) is 2.06. The third-order valence-electron chi connectivity index (χ3n) is 1.83. The molecule has 0 heterocycles. The molecule has 0 aliphatic heterocycles. The molecule has 0 bridgehead atoms. The van der Waals surface area contributed by atoms with Crippen LogP contribution in [0.5, 0.6) is 5.75 Å². The van der Waals surface area contributed by atoms with Crippen LogP contribution in [0.1, 0.15) is 26.3 Å². The van der Waals surface area contributed by atoms with Crippen LogP contribution in [0.15, 0.2) is 24.3 Å². The Kier molecular flexibility index (Phi) is 3.69. The Balaban J connectivity index is 2.63. The van der Waals surface area contributed by atoms with Gasteiger partial charge in [-0.15, -0.1) is 0 Å². The summed E-state index contributed by atoms with van der Waals surface area (Å²) in [6.07, 6.45) is 1.06. The topological polar surface area (TPSA) is 26.3 Å². The van der Waals surface area contributed by atoms with Crippen molar-refractivity contribution in [2.24, 2.45) is 5.92 Å². The van der Waals surface area contributed by atoms with Gasteiger partial charge in [0.15, 0.2) is 0 Å². The van der Waals surface area contributed by atoms with Gasteiger partial charge in [-0.25, -0.2) is 0 Å². The van der Waals surface area contributed by atoms with Crippen LogP contribution in [0.3, 0.4) is 0 Å². The van der Waals surface area contributed by atoms with Crippen LogP contribution >= 0.6 is 0 Å². The number of carbonyl (C=O) groups is 1. The van der Waals surface area contributed by atoms with Gasteiger partial charge in [0.2, 0.25) is 0 Å². The zero-order chi connectivity index (χ0) is 10.6. The molecule has 2 nitrogen and oxygen atoms in total. The molecule has 1 aromatic carbocycles. The molecule has 1 rings (SSSR count).